The molecule has 3 aromatic rings. The number of hydrogen-bond donors (Lipinski definition) is 3. The SMILES string of the molecule is COc1ccc2c(O[C@@H]3C[C@H]4C(=O)N[C@]5(C(=O)NS(=O)(=O)C6CC6)C[C@H]5/C=C\CC[C@H](C)C[C@@H](C)[C@H](N(C(=O)O)[C@H]5CC6C[C@H]6C5)C(=O)N4C3)nc(-c3ccc(F)cc3)cc2c1. The molecule has 2 aliphatic heterocycles. The molecule has 1 saturated heterocycles. The van der Waals surface area contributed by atoms with Crippen LogP contribution in [0.2, 0.25) is 0 Å². The van der Waals surface area contributed by atoms with Gasteiger partial charge in [-0.25, -0.2) is 22.6 Å². The molecule has 3 N–H and O–H groups in total. The van der Waals surface area contributed by atoms with Gasteiger partial charge >= 0.3 is 6.09 Å². The Bertz CT molecular complexity index is 2420. The second-order valence-corrected chi connectivity index (χ2v) is 20.6. The van der Waals surface area contributed by atoms with Crippen LogP contribution in [0.15, 0.2) is 60.7 Å². The summed E-state index contributed by atoms with van der Waals surface area (Å²) in [7, 11) is -2.40. The number of carbonyl (C=O) groups excluding carboxylic acids is 3. The van der Waals surface area contributed by atoms with Gasteiger partial charge in [-0.1, -0.05) is 26.0 Å². The van der Waals surface area contributed by atoms with Gasteiger partial charge in [0, 0.05) is 29.3 Å². The van der Waals surface area contributed by atoms with Crippen LogP contribution in [0.5, 0.6) is 11.6 Å². The monoisotopic (exact) mass is 871 g/mol. The summed E-state index contributed by atoms with van der Waals surface area (Å²) >= 11 is 0. The summed E-state index contributed by atoms with van der Waals surface area (Å²) in [4.78, 5) is 65.2. The number of nitrogens with one attached hydrogen (secondary N) is 2. The number of carbonyl (C=O) groups is 4. The van der Waals surface area contributed by atoms with Crippen LogP contribution in [-0.2, 0) is 24.4 Å². The average molecular weight is 872 g/mol. The van der Waals surface area contributed by atoms with Crippen molar-refractivity contribution in [3.8, 4) is 22.9 Å². The summed E-state index contributed by atoms with van der Waals surface area (Å²) in [5.41, 5.74) is -0.460. The van der Waals surface area contributed by atoms with Crippen LogP contribution in [0.1, 0.15) is 78.1 Å². The molecule has 4 aliphatic carbocycles. The molecular weight excluding hydrogens is 818 g/mol. The molecular formula is C46H54FN5O9S. The molecule has 4 saturated carbocycles. The van der Waals surface area contributed by atoms with Crippen molar-refractivity contribution in [3.63, 3.8) is 0 Å². The molecule has 10 atom stereocenters. The van der Waals surface area contributed by atoms with E-state index in [0.29, 0.717) is 78.1 Å². The number of halogens is 1. The number of hydrogen-bond acceptors (Lipinski definition) is 9. The number of ether oxygens (including phenoxy) is 2. The van der Waals surface area contributed by atoms with Crippen molar-refractivity contribution in [2.45, 2.75) is 113 Å². The standard InChI is InChI=1S/C46H54FN5O9S/c1-25-6-4-5-7-31-23-46(31,44(55)50-62(58,59)36-13-14-36)49-41(53)39-22-35(24-51(39)43(54)40(26(2)16-25)52(45(56)57)33-18-28-17-29(28)19-33)61-42-37-15-12-34(60-3)20-30(37)21-38(48-42)27-8-10-32(47)11-9-27/h5,7-12,15,20-21,25-26,28-29,31,33,35-36,39-40H,4,6,13-14,16-19,22-24H2,1-3H3,(H,49,53)(H,50,55)(H,56,57)/b7-5-/t25-,26+,28-,29?,31+,33+,35+,39-,40-,46+/m0/s1. The lowest BCUT2D eigenvalue weighted by molar-refractivity contribution is -0.145. The van der Waals surface area contributed by atoms with Crippen LogP contribution < -0.4 is 19.5 Å². The van der Waals surface area contributed by atoms with E-state index < -0.39 is 80.5 Å². The van der Waals surface area contributed by atoms with Crippen molar-refractivity contribution in [2.24, 2.45) is 29.6 Å². The molecule has 1 aromatic heterocycles. The maximum Gasteiger partial charge on any atom is 0.408 e. The van der Waals surface area contributed by atoms with E-state index >= 15 is 4.79 Å². The highest BCUT2D eigenvalue weighted by molar-refractivity contribution is 7.91. The summed E-state index contributed by atoms with van der Waals surface area (Å²) in [5, 5.41) is 14.5. The molecule has 2 aromatic carbocycles. The van der Waals surface area contributed by atoms with E-state index in [4.69, 9.17) is 14.5 Å². The fraction of sp³-hybridized carbons (Fsp3) is 0.543. The predicted octanol–water partition coefficient (Wildman–Crippen LogP) is 6.04. The molecule has 1 unspecified atom stereocenters. The largest absolute Gasteiger partial charge is 0.497 e. The van der Waals surface area contributed by atoms with Gasteiger partial charge in [-0.15, -0.1) is 0 Å². The summed E-state index contributed by atoms with van der Waals surface area (Å²) in [6.45, 7) is 3.90. The Hall–Kier alpha value is -5.25. The van der Waals surface area contributed by atoms with Crippen LogP contribution in [-0.4, -0.2) is 101 Å². The molecule has 0 bridgehead atoms. The first-order valence-corrected chi connectivity index (χ1v) is 23.5. The topological polar surface area (TPSA) is 185 Å². The van der Waals surface area contributed by atoms with Crippen LogP contribution in [0.3, 0.4) is 0 Å². The van der Waals surface area contributed by atoms with Crippen molar-refractivity contribution in [3.05, 3.63) is 66.5 Å². The molecule has 16 heteroatoms. The van der Waals surface area contributed by atoms with Crippen LogP contribution in [0.4, 0.5) is 9.18 Å². The average Bonchev–Trinajstić information content (AvgIpc) is 4.20. The molecule has 0 radical (unpaired) electrons. The van der Waals surface area contributed by atoms with Gasteiger partial charge in [0.2, 0.25) is 27.7 Å². The molecule has 62 heavy (non-hydrogen) atoms. The third kappa shape index (κ3) is 8.22. The molecule has 14 nitrogen and oxygen atoms in total. The van der Waals surface area contributed by atoms with Crippen molar-refractivity contribution in [1.82, 2.24) is 24.8 Å². The number of fused-ring (bicyclic) bond motifs is 4. The quantitative estimate of drug-likeness (QED) is 0.214. The van der Waals surface area contributed by atoms with E-state index in [1.54, 1.807) is 31.4 Å². The van der Waals surface area contributed by atoms with Crippen molar-refractivity contribution in [1.29, 1.82) is 0 Å². The van der Waals surface area contributed by atoms with Gasteiger partial charge in [-0.3, -0.25) is 24.0 Å². The zero-order valence-corrected chi connectivity index (χ0v) is 36.0. The number of sulfonamides is 1. The van der Waals surface area contributed by atoms with E-state index in [2.05, 4.69) is 17.0 Å². The van der Waals surface area contributed by atoms with Gasteiger partial charge in [0.25, 0.3) is 5.91 Å². The first-order valence-electron chi connectivity index (χ1n) is 21.9. The lowest BCUT2D eigenvalue weighted by atomic mass is 9.86. The van der Waals surface area contributed by atoms with E-state index in [0.717, 1.165) is 12.8 Å². The van der Waals surface area contributed by atoms with Gasteiger partial charge in [0.1, 0.15) is 35.3 Å². The smallest absolute Gasteiger partial charge is 0.408 e. The molecule has 3 heterocycles. The molecule has 0 spiro atoms. The second-order valence-electron chi connectivity index (χ2n) is 18.7. The zero-order valence-electron chi connectivity index (χ0n) is 35.2. The minimum Gasteiger partial charge on any atom is -0.497 e. The Morgan fingerprint density at radius 3 is 2.44 bits per heavy atom. The van der Waals surface area contributed by atoms with Gasteiger partial charge in [-0.2, -0.15) is 0 Å². The molecule has 4 amide bonds. The number of methoxy groups -OCH3 is 1. The Labute approximate surface area is 360 Å². The number of rotatable bonds is 9. The zero-order chi connectivity index (χ0) is 43.7. The van der Waals surface area contributed by atoms with Crippen LogP contribution >= 0.6 is 0 Å². The third-order valence-corrected chi connectivity index (χ3v) is 15.9. The third-order valence-electron chi connectivity index (χ3n) is 14.1. The minimum atomic E-state index is -3.95. The maximum atomic E-state index is 15.4. The van der Waals surface area contributed by atoms with Gasteiger partial charge in [-0.05, 0) is 135 Å². The first-order chi connectivity index (χ1) is 29.6. The van der Waals surface area contributed by atoms with Crippen molar-refractivity contribution in [2.75, 3.05) is 13.7 Å². The summed E-state index contributed by atoms with van der Waals surface area (Å²) in [6, 6.07) is 10.4. The molecule has 9 rings (SSSR count). The maximum absolute atomic E-state index is 15.4. The Balaban J connectivity index is 1.10. The number of amides is 4. The molecule has 5 fully saturated rings. The van der Waals surface area contributed by atoms with E-state index in [9.17, 15) is 32.3 Å². The normalized spacial score (nSPS) is 32.6. The lowest BCUT2D eigenvalue weighted by Crippen LogP contribution is -2.61. The first kappa shape index (κ1) is 42.1. The number of allylic oxidation sites excluding steroid dienone is 1. The molecule has 330 valence electrons. The Kier molecular flexibility index (Phi) is 11.0. The number of nitrogens with zero attached hydrogens (tertiary/aromatic N) is 3. The van der Waals surface area contributed by atoms with Crippen molar-refractivity contribution >= 4 is 44.6 Å². The summed E-state index contributed by atoms with van der Waals surface area (Å²) in [5.74, 6) is -1.53. The fourth-order valence-electron chi connectivity index (χ4n) is 10.4. The summed E-state index contributed by atoms with van der Waals surface area (Å²) < 4.78 is 54.5. The highest BCUT2D eigenvalue weighted by Crippen LogP contribution is 2.54. The Morgan fingerprint density at radius 1 is 1.00 bits per heavy atom. The summed E-state index contributed by atoms with van der Waals surface area (Å²) in [6.07, 6.45) is 7.22. The van der Waals surface area contributed by atoms with Crippen molar-refractivity contribution < 1.29 is 46.6 Å². The van der Waals surface area contributed by atoms with Gasteiger partial charge in [0.15, 0.2) is 0 Å². The van der Waals surface area contributed by atoms with E-state index in [-0.39, 0.29) is 37.2 Å². The van der Waals surface area contributed by atoms with E-state index in [1.165, 1.54) is 21.9 Å². The lowest BCUT2D eigenvalue weighted by Gasteiger charge is -2.40. The second kappa shape index (κ2) is 16.1. The number of pyridine rings is 1. The Morgan fingerprint density at radius 2 is 1.74 bits per heavy atom. The highest BCUT2D eigenvalue weighted by Gasteiger charge is 2.62. The fourth-order valence-corrected chi connectivity index (χ4v) is 11.8. The van der Waals surface area contributed by atoms with Crippen LogP contribution in [0, 0.1) is 35.4 Å². The van der Waals surface area contributed by atoms with Gasteiger partial charge in [0.05, 0.1) is 24.6 Å². The number of aromatic nitrogens is 1. The van der Waals surface area contributed by atoms with E-state index in [1.807, 2.05) is 31.2 Å². The molecule has 6 aliphatic rings. The van der Waals surface area contributed by atoms with Gasteiger partial charge < -0.3 is 24.8 Å². The highest BCUT2D eigenvalue weighted by atomic mass is 32.2. The minimum absolute atomic E-state index is 0.0333. The van der Waals surface area contributed by atoms with Crippen LogP contribution in [0.25, 0.3) is 22.0 Å². The number of benzene rings is 2. The predicted molar refractivity (Wildman–Crippen MR) is 227 cm³/mol. The number of carboxylic acid groups (broad SMARTS) is 1.